The summed E-state index contributed by atoms with van der Waals surface area (Å²) in [6, 6.07) is 17.4. The second kappa shape index (κ2) is 14.9. The molecule has 2 N–H and O–H groups in total. The Bertz CT molecular complexity index is 1530. The fourth-order valence-corrected chi connectivity index (χ4v) is 7.66. The molecule has 4 aliphatic heterocycles. The van der Waals surface area contributed by atoms with Gasteiger partial charge in [-0.3, -0.25) is 19.2 Å². The van der Waals surface area contributed by atoms with Crippen molar-refractivity contribution in [1.82, 2.24) is 15.1 Å². The molecule has 6 rings (SSSR count). The van der Waals surface area contributed by atoms with Crippen molar-refractivity contribution in [2.24, 2.45) is 11.8 Å². The second-order valence-electron chi connectivity index (χ2n) is 13.2. The van der Waals surface area contributed by atoms with E-state index in [1.165, 1.54) is 0 Å². The maximum Gasteiger partial charge on any atom is 0.313 e. The van der Waals surface area contributed by atoms with Gasteiger partial charge in [-0.05, 0) is 37.3 Å². The molecule has 0 radical (unpaired) electrons. The molecule has 254 valence electrons. The molecule has 0 aromatic heterocycles. The Labute approximate surface area is 281 Å². The van der Waals surface area contributed by atoms with Crippen molar-refractivity contribution in [3.8, 4) is 0 Å². The van der Waals surface area contributed by atoms with E-state index >= 15 is 0 Å². The van der Waals surface area contributed by atoms with Crippen LogP contribution in [0.5, 0.6) is 0 Å². The van der Waals surface area contributed by atoms with E-state index in [0.717, 1.165) is 24.0 Å². The highest BCUT2D eigenvalue weighted by molar-refractivity contribution is 5.99. The van der Waals surface area contributed by atoms with E-state index in [1.807, 2.05) is 78.9 Å². The summed E-state index contributed by atoms with van der Waals surface area (Å²) < 4.78 is 12.8. The molecule has 10 heteroatoms. The van der Waals surface area contributed by atoms with Crippen LogP contribution in [-0.4, -0.2) is 82.1 Å². The number of fused-ring (bicyclic) bond motifs is 2. The number of aliphatic hydroxyl groups is 1. The average molecular weight is 656 g/mol. The molecule has 5 bridgehead atoms. The molecule has 2 aromatic carbocycles. The minimum atomic E-state index is -1.32. The number of allylic oxidation sites excluding steroid dienone is 1. The van der Waals surface area contributed by atoms with E-state index in [-0.39, 0.29) is 37.3 Å². The number of carbonyl (C=O) groups excluding carboxylic acids is 4. The number of nitrogens with zero attached hydrogens (tertiary/aromatic N) is 2. The number of nitrogens with one attached hydrogen (secondary N) is 1. The molecule has 10 nitrogen and oxygen atoms in total. The van der Waals surface area contributed by atoms with Crippen LogP contribution in [0.4, 0.5) is 0 Å². The molecule has 1 spiro atoms. The van der Waals surface area contributed by atoms with E-state index in [2.05, 4.69) is 5.32 Å². The third kappa shape index (κ3) is 6.69. The Kier molecular flexibility index (Phi) is 10.4. The summed E-state index contributed by atoms with van der Waals surface area (Å²) in [5, 5.41) is 12.3. The van der Waals surface area contributed by atoms with Gasteiger partial charge in [0.15, 0.2) is 0 Å². The van der Waals surface area contributed by atoms with Crippen molar-refractivity contribution >= 4 is 23.7 Å². The van der Waals surface area contributed by atoms with Crippen LogP contribution in [0.25, 0.3) is 0 Å². The van der Waals surface area contributed by atoms with Gasteiger partial charge in [0.25, 0.3) is 0 Å². The molecule has 7 atom stereocenters. The number of esters is 1. The first-order valence-electron chi connectivity index (χ1n) is 17.1. The average Bonchev–Trinajstić information content (AvgIpc) is 3.73. The zero-order valence-electron chi connectivity index (χ0n) is 27.4. The van der Waals surface area contributed by atoms with E-state index < -0.39 is 47.7 Å². The normalized spacial score (nSPS) is 31.1. The van der Waals surface area contributed by atoms with Crippen LogP contribution in [0, 0.1) is 11.8 Å². The number of cyclic esters (lactones) is 1. The van der Waals surface area contributed by atoms with Gasteiger partial charge in [0.05, 0.1) is 18.1 Å². The number of amides is 3. The van der Waals surface area contributed by atoms with Gasteiger partial charge in [0.2, 0.25) is 17.7 Å². The number of hydrogen-bond acceptors (Lipinski definition) is 7. The number of likely N-dealkylation sites (tertiary alicyclic amines) is 1. The Hall–Kier alpha value is -4.28. The molecule has 2 saturated heterocycles. The SMILES string of the molecule is C[C@@H]1NC(=O)CC/C=C\CN(Cc2ccccc2)C(=O)[C@H]2N(CCCCCCO)C(=O)[C@@H]3[C@@H](C(=O)O[C@H]1c1ccccc1)[C@H]1C=C[C@]32O1. The summed E-state index contributed by atoms with van der Waals surface area (Å²) in [7, 11) is 0. The van der Waals surface area contributed by atoms with Crippen molar-refractivity contribution in [1.29, 1.82) is 0 Å². The smallest absolute Gasteiger partial charge is 0.313 e. The molecule has 0 aliphatic carbocycles. The largest absolute Gasteiger partial charge is 0.455 e. The first kappa shape index (κ1) is 33.6. The summed E-state index contributed by atoms with van der Waals surface area (Å²) in [6.45, 7) is 2.83. The molecule has 2 aromatic rings. The highest BCUT2D eigenvalue weighted by Gasteiger charge is 2.73. The van der Waals surface area contributed by atoms with Gasteiger partial charge in [0.1, 0.15) is 23.7 Å². The lowest BCUT2D eigenvalue weighted by molar-refractivity contribution is -0.161. The molecular weight excluding hydrogens is 610 g/mol. The molecule has 0 saturated carbocycles. The van der Waals surface area contributed by atoms with Gasteiger partial charge in [-0.15, -0.1) is 0 Å². The van der Waals surface area contributed by atoms with E-state index in [9.17, 15) is 24.3 Å². The molecular formula is C38H45N3O7. The van der Waals surface area contributed by atoms with Crippen LogP contribution in [0.15, 0.2) is 85.0 Å². The predicted molar refractivity (Wildman–Crippen MR) is 178 cm³/mol. The number of unbranched alkanes of at least 4 members (excludes halogenated alkanes) is 3. The van der Waals surface area contributed by atoms with Crippen LogP contribution >= 0.6 is 0 Å². The van der Waals surface area contributed by atoms with Crippen molar-refractivity contribution in [2.45, 2.75) is 81.9 Å². The van der Waals surface area contributed by atoms with Crippen LogP contribution < -0.4 is 5.32 Å². The highest BCUT2D eigenvalue weighted by Crippen LogP contribution is 2.56. The van der Waals surface area contributed by atoms with E-state index in [0.29, 0.717) is 32.4 Å². The number of carbonyl (C=O) groups is 4. The zero-order valence-corrected chi connectivity index (χ0v) is 27.4. The minimum Gasteiger partial charge on any atom is -0.455 e. The van der Waals surface area contributed by atoms with Gasteiger partial charge < -0.3 is 29.7 Å². The zero-order chi connectivity index (χ0) is 33.7. The van der Waals surface area contributed by atoms with Crippen LogP contribution in [0.2, 0.25) is 0 Å². The second-order valence-corrected chi connectivity index (χ2v) is 13.2. The summed E-state index contributed by atoms with van der Waals surface area (Å²) in [4.78, 5) is 59.8. The Morgan fingerprint density at radius 2 is 1.65 bits per heavy atom. The third-order valence-electron chi connectivity index (χ3n) is 9.96. The molecule has 4 heterocycles. The molecule has 2 fully saturated rings. The van der Waals surface area contributed by atoms with Gasteiger partial charge in [-0.25, -0.2) is 0 Å². The summed E-state index contributed by atoms with van der Waals surface area (Å²) in [6.07, 6.45) is 9.48. The van der Waals surface area contributed by atoms with E-state index in [4.69, 9.17) is 9.47 Å². The standard InChI is InChI=1S/C38H45N3O7/c1-26-33(28-17-9-5-10-18-28)47-37(46)31-29-20-21-38(48-29)32(31)35(44)41(23-13-2-3-14-24-42)34(38)36(45)40(25-27-15-7-4-8-16-27)22-12-6-11-19-30(43)39-26/h4-10,12,15-18,20-21,26,29,31-34,42H,2-3,11,13-14,19,22-25H2,1H3,(H,39,43)/b12-6-/t26-,29+,31-,32-,33+,34+,38-/m0/s1. The number of benzene rings is 2. The first-order chi connectivity index (χ1) is 23.3. The van der Waals surface area contributed by atoms with Gasteiger partial charge in [-0.2, -0.15) is 0 Å². The maximum atomic E-state index is 14.8. The Balaban J connectivity index is 1.38. The lowest BCUT2D eigenvalue weighted by Crippen LogP contribution is -2.55. The fourth-order valence-electron chi connectivity index (χ4n) is 7.66. The van der Waals surface area contributed by atoms with Crippen LogP contribution in [0.1, 0.15) is 62.7 Å². The van der Waals surface area contributed by atoms with Crippen molar-refractivity contribution in [3.63, 3.8) is 0 Å². The lowest BCUT2D eigenvalue weighted by atomic mass is 9.74. The van der Waals surface area contributed by atoms with Gasteiger partial charge in [0, 0.05) is 32.7 Å². The summed E-state index contributed by atoms with van der Waals surface area (Å²) in [5.41, 5.74) is 0.341. The number of ether oxygens (including phenoxy) is 2. The Morgan fingerprint density at radius 3 is 2.40 bits per heavy atom. The number of hydrogen-bond donors (Lipinski definition) is 2. The summed E-state index contributed by atoms with van der Waals surface area (Å²) in [5.74, 6) is -3.21. The molecule has 0 unspecified atom stereocenters. The lowest BCUT2D eigenvalue weighted by Gasteiger charge is -2.36. The number of aliphatic hydroxyl groups excluding tert-OH is 1. The third-order valence-corrected chi connectivity index (χ3v) is 9.96. The summed E-state index contributed by atoms with van der Waals surface area (Å²) >= 11 is 0. The van der Waals surface area contributed by atoms with Crippen LogP contribution in [0.3, 0.4) is 0 Å². The fraction of sp³-hybridized carbons (Fsp3) is 0.474. The van der Waals surface area contributed by atoms with Gasteiger partial charge in [-0.1, -0.05) is 97.8 Å². The number of rotatable bonds is 9. The van der Waals surface area contributed by atoms with Crippen molar-refractivity contribution in [2.75, 3.05) is 19.7 Å². The van der Waals surface area contributed by atoms with E-state index in [1.54, 1.807) is 22.8 Å². The first-order valence-corrected chi connectivity index (χ1v) is 17.1. The Morgan fingerprint density at radius 1 is 0.917 bits per heavy atom. The van der Waals surface area contributed by atoms with Gasteiger partial charge >= 0.3 is 5.97 Å². The predicted octanol–water partition coefficient (Wildman–Crippen LogP) is 3.86. The highest BCUT2D eigenvalue weighted by atomic mass is 16.6. The maximum absolute atomic E-state index is 14.8. The monoisotopic (exact) mass is 655 g/mol. The quantitative estimate of drug-likeness (QED) is 0.239. The minimum absolute atomic E-state index is 0.104. The molecule has 4 aliphatic rings. The molecule has 3 amide bonds. The van der Waals surface area contributed by atoms with Crippen LogP contribution in [-0.2, 0) is 35.2 Å². The van der Waals surface area contributed by atoms with Crippen molar-refractivity contribution in [3.05, 3.63) is 96.1 Å². The topological polar surface area (TPSA) is 125 Å². The van der Waals surface area contributed by atoms with Crippen molar-refractivity contribution < 1.29 is 33.8 Å². The molecule has 48 heavy (non-hydrogen) atoms.